The minimum Gasteiger partial charge on any atom is -0.354 e. The molecule has 0 fully saturated rings. The molecule has 0 saturated heterocycles. The van der Waals surface area contributed by atoms with Crippen molar-refractivity contribution in [3.63, 3.8) is 0 Å². The molecule has 72 valence electrons. The molecule has 1 N–H and O–H groups in total. The lowest BCUT2D eigenvalue weighted by molar-refractivity contribution is 0.957. The monoisotopic (exact) mass is 187 g/mol. The summed E-state index contributed by atoms with van der Waals surface area (Å²) in [5.74, 6) is 0.713. The Bertz CT molecular complexity index is 426. The second kappa shape index (κ2) is 4.05. The zero-order chi connectivity index (χ0) is 9.80. The van der Waals surface area contributed by atoms with Crippen LogP contribution in [0.3, 0.4) is 0 Å². The second-order valence-corrected chi connectivity index (χ2v) is 3.18. The van der Waals surface area contributed by atoms with Gasteiger partial charge < -0.3 is 5.32 Å². The second-order valence-electron chi connectivity index (χ2n) is 3.18. The lowest BCUT2D eigenvalue weighted by Gasteiger charge is -2.03. The number of nitrogens with zero attached hydrogens (tertiary/aromatic N) is 2. The highest BCUT2D eigenvalue weighted by atomic mass is 15.1. The van der Waals surface area contributed by atoms with Gasteiger partial charge in [0.1, 0.15) is 0 Å². The number of hydrogen-bond donors (Lipinski definition) is 1. The number of fused-ring (bicyclic) bond motifs is 1. The maximum Gasteiger partial charge on any atom is 0.223 e. The standard InChI is InChI=1S/C11H13N3/c1-2-7-12-11-13-8-9-5-3-4-6-10(9)14-11/h3-6,8H,2,7H2,1H3,(H,12,13,14). The Morgan fingerprint density at radius 2 is 2.14 bits per heavy atom. The Balaban J connectivity index is 2.32. The van der Waals surface area contributed by atoms with Crippen molar-refractivity contribution in [1.29, 1.82) is 0 Å². The summed E-state index contributed by atoms with van der Waals surface area (Å²) in [5, 5.41) is 4.24. The van der Waals surface area contributed by atoms with E-state index in [1.54, 1.807) is 0 Å². The van der Waals surface area contributed by atoms with Crippen LogP contribution in [0.2, 0.25) is 0 Å². The molecule has 0 atom stereocenters. The van der Waals surface area contributed by atoms with Crippen molar-refractivity contribution in [2.45, 2.75) is 13.3 Å². The quantitative estimate of drug-likeness (QED) is 0.802. The summed E-state index contributed by atoms with van der Waals surface area (Å²) >= 11 is 0. The van der Waals surface area contributed by atoms with Crippen LogP contribution >= 0.6 is 0 Å². The molecule has 3 nitrogen and oxygen atoms in total. The fourth-order valence-electron chi connectivity index (χ4n) is 1.29. The van der Waals surface area contributed by atoms with Gasteiger partial charge in [0, 0.05) is 18.1 Å². The summed E-state index contributed by atoms with van der Waals surface area (Å²) in [6, 6.07) is 7.98. The summed E-state index contributed by atoms with van der Waals surface area (Å²) in [6.07, 6.45) is 2.93. The zero-order valence-corrected chi connectivity index (χ0v) is 8.20. The van der Waals surface area contributed by atoms with Gasteiger partial charge in [-0.25, -0.2) is 9.97 Å². The fourth-order valence-corrected chi connectivity index (χ4v) is 1.29. The van der Waals surface area contributed by atoms with Gasteiger partial charge in [-0.2, -0.15) is 0 Å². The van der Waals surface area contributed by atoms with E-state index in [0.29, 0.717) is 5.95 Å². The van der Waals surface area contributed by atoms with E-state index in [-0.39, 0.29) is 0 Å². The molecule has 0 radical (unpaired) electrons. The summed E-state index contributed by atoms with van der Waals surface area (Å²) in [6.45, 7) is 3.03. The number of anilines is 1. The Labute approximate surface area is 83.2 Å². The van der Waals surface area contributed by atoms with Crippen molar-refractivity contribution in [2.75, 3.05) is 11.9 Å². The summed E-state index contributed by atoms with van der Waals surface area (Å²) in [7, 11) is 0. The normalized spacial score (nSPS) is 10.4. The van der Waals surface area contributed by atoms with Crippen LogP contribution < -0.4 is 5.32 Å². The van der Waals surface area contributed by atoms with Crippen molar-refractivity contribution >= 4 is 16.9 Å². The van der Waals surface area contributed by atoms with E-state index in [1.165, 1.54) is 0 Å². The average Bonchev–Trinajstić information content (AvgIpc) is 2.26. The molecule has 1 aromatic carbocycles. The Morgan fingerprint density at radius 3 is 3.00 bits per heavy atom. The van der Waals surface area contributed by atoms with Gasteiger partial charge in [-0.3, -0.25) is 0 Å². The van der Waals surface area contributed by atoms with E-state index in [0.717, 1.165) is 23.9 Å². The van der Waals surface area contributed by atoms with Crippen molar-refractivity contribution in [2.24, 2.45) is 0 Å². The smallest absolute Gasteiger partial charge is 0.223 e. The topological polar surface area (TPSA) is 37.8 Å². The van der Waals surface area contributed by atoms with Crippen LogP contribution in [0.1, 0.15) is 13.3 Å². The number of hydrogen-bond acceptors (Lipinski definition) is 3. The molecule has 2 rings (SSSR count). The number of rotatable bonds is 3. The molecule has 0 saturated carbocycles. The molecule has 14 heavy (non-hydrogen) atoms. The Morgan fingerprint density at radius 1 is 1.29 bits per heavy atom. The first-order valence-electron chi connectivity index (χ1n) is 4.86. The van der Waals surface area contributed by atoms with Gasteiger partial charge in [-0.15, -0.1) is 0 Å². The number of para-hydroxylation sites is 1. The third-order valence-electron chi connectivity index (χ3n) is 2.02. The summed E-state index contributed by atoms with van der Waals surface area (Å²) in [5.41, 5.74) is 0.987. The molecule has 0 amide bonds. The molecular formula is C11H13N3. The van der Waals surface area contributed by atoms with Crippen molar-refractivity contribution in [1.82, 2.24) is 9.97 Å². The van der Waals surface area contributed by atoms with Crippen molar-refractivity contribution in [3.8, 4) is 0 Å². The number of aromatic nitrogens is 2. The van der Waals surface area contributed by atoms with E-state index in [2.05, 4.69) is 22.2 Å². The van der Waals surface area contributed by atoms with Gasteiger partial charge in [0.15, 0.2) is 0 Å². The summed E-state index contributed by atoms with van der Waals surface area (Å²) in [4.78, 5) is 8.61. The third kappa shape index (κ3) is 1.82. The maximum atomic E-state index is 4.39. The van der Waals surface area contributed by atoms with E-state index in [4.69, 9.17) is 0 Å². The van der Waals surface area contributed by atoms with Crippen LogP contribution in [0.15, 0.2) is 30.5 Å². The summed E-state index contributed by atoms with van der Waals surface area (Å²) < 4.78 is 0. The van der Waals surface area contributed by atoms with Gasteiger partial charge in [0.2, 0.25) is 5.95 Å². The third-order valence-corrected chi connectivity index (χ3v) is 2.02. The SMILES string of the molecule is CCCNc1ncc2ccccc2n1. The maximum absolute atomic E-state index is 4.39. The Kier molecular flexibility index (Phi) is 2.58. The first-order chi connectivity index (χ1) is 6.90. The molecule has 1 heterocycles. The average molecular weight is 187 g/mol. The van der Waals surface area contributed by atoms with Gasteiger partial charge in [0.05, 0.1) is 5.52 Å². The number of benzene rings is 1. The van der Waals surface area contributed by atoms with E-state index in [1.807, 2.05) is 30.5 Å². The van der Waals surface area contributed by atoms with Gasteiger partial charge >= 0.3 is 0 Å². The van der Waals surface area contributed by atoms with Gasteiger partial charge in [-0.1, -0.05) is 25.1 Å². The number of nitrogens with one attached hydrogen (secondary N) is 1. The molecule has 1 aromatic heterocycles. The predicted molar refractivity (Wildman–Crippen MR) is 58.3 cm³/mol. The molecule has 3 heteroatoms. The van der Waals surface area contributed by atoms with Crippen LogP contribution in [0.5, 0.6) is 0 Å². The van der Waals surface area contributed by atoms with Crippen LogP contribution in [-0.4, -0.2) is 16.5 Å². The van der Waals surface area contributed by atoms with E-state index >= 15 is 0 Å². The molecular weight excluding hydrogens is 174 g/mol. The van der Waals surface area contributed by atoms with Gasteiger partial charge in [-0.05, 0) is 12.5 Å². The van der Waals surface area contributed by atoms with Crippen LogP contribution in [-0.2, 0) is 0 Å². The molecule has 0 aliphatic heterocycles. The lowest BCUT2D eigenvalue weighted by Crippen LogP contribution is -2.03. The molecule has 0 unspecified atom stereocenters. The predicted octanol–water partition coefficient (Wildman–Crippen LogP) is 2.45. The first kappa shape index (κ1) is 8.94. The Hall–Kier alpha value is -1.64. The minimum absolute atomic E-state index is 0.713. The largest absolute Gasteiger partial charge is 0.354 e. The highest BCUT2D eigenvalue weighted by Crippen LogP contribution is 2.11. The van der Waals surface area contributed by atoms with Crippen LogP contribution in [0.4, 0.5) is 5.95 Å². The molecule has 0 aliphatic rings. The fraction of sp³-hybridized carbons (Fsp3) is 0.273. The molecule has 0 aliphatic carbocycles. The van der Waals surface area contributed by atoms with Gasteiger partial charge in [0.25, 0.3) is 0 Å². The first-order valence-corrected chi connectivity index (χ1v) is 4.86. The highest BCUT2D eigenvalue weighted by Gasteiger charge is 1.96. The van der Waals surface area contributed by atoms with Crippen LogP contribution in [0, 0.1) is 0 Å². The van der Waals surface area contributed by atoms with E-state index < -0.39 is 0 Å². The lowest BCUT2D eigenvalue weighted by atomic mass is 10.2. The molecule has 0 bridgehead atoms. The molecule has 2 aromatic rings. The minimum atomic E-state index is 0.713. The zero-order valence-electron chi connectivity index (χ0n) is 8.20. The molecule has 0 spiro atoms. The highest BCUT2D eigenvalue weighted by molar-refractivity contribution is 5.78. The van der Waals surface area contributed by atoms with Crippen molar-refractivity contribution in [3.05, 3.63) is 30.5 Å². The van der Waals surface area contributed by atoms with Crippen LogP contribution in [0.25, 0.3) is 10.9 Å². The van der Waals surface area contributed by atoms with E-state index in [9.17, 15) is 0 Å². The van der Waals surface area contributed by atoms with Crippen molar-refractivity contribution < 1.29 is 0 Å².